The van der Waals surface area contributed by atoms with Gasteiger partial charge in [-0.05, 0) is 115 Å². The number of fused-ring (bicyclic) bond motifs is 15. The zero-order valence-electron chi connectivity index (χ0n) is 31.1. The van der Waals surface area contributed by atoms with Crippen LogP contribution in [0.25, 0.3) is 66.4 Å². The largest absolute Gasteiger partial charge is 0.456 e. The monoisotopic (exact) mass is 725 g/mol. The molecule has 0 N–H and O–H groups in total. The predicted molar refractivity (Wildman–Crippen MR) is 236 cm³/mol. The van der Waals surface area contributed by atoms with Crippen LogP contribution in [-0.4, -0.2) is 0 Å². The molecule has 1 heterocycles. The first-order valence-electron chi connectivity index (χ1n) is 19.7. The fourth-order valence-electron chi connectivity index (χ4n) is 9.91. The number of para-hydroxylation sites is 1. The van der Waals surface area contributed by atoms with Gasteiger partial charge in [-0.15, -0.1) is 0 Å². The number of hydrogen-bond donors (Lipinski definition) is 0. The van der Waals surface area contributed by atoms with Crippen LogP contribution in [0.2, 0.25) is 0 Å². The molecular weight excluding hydrogens is 691 g/mol. The Balaban J connectivity index is 1.11. The summed E-state index contributed by atoms with van der Waals surface area (Å²) in [5.74, 6) is 0. The Morgan fingerprint density at radius 1 is 0.298 bits per heavy atom. The average molecular weight is 726 g/mol. The molecule has 0 fully saturated rings. The maximum absolute atomic E-state index is 6.30. The van der Waals surface area contributed by atoms with E-state index in [1.165, 1.54) is 66.8 Å². The van der Waals surface area contributed by atoms with E-state index >= 15 is 0 Å². The number of anilines is 3. The van der Waals surface area contributed by atoms with Gasteiger partial charge in [0.25, 0.3) is 0 Å². The molecule has 1 spiro atoms. The van der Waals surface area contributed by atoms with E-state index in [1.54, 1.807) is 0 Å². The smallest absolute Gasteiger partial charge is 0.135 e. The third-order valence-electron chi connectivity index (χ3n) is 12.3. The van der Waals surface area contributed by atoms with Crippen molar-refractivity contribution in [1.82, 2.24) is 0 Å². The van der Waals surface area contributed by atoms with Crippen molar-refractivity contribution >= 4 is 39.0 Å². The maximum atomic E-state index is 6.30. The zero-order chi connectivity index (χ0) is 37.5. The molecular formula is C55H35NO. The summed E-state index contributed by atoms with van der Waals surface area (Å²) < 4.78 is 6.30. The van der Waals surface area contributed by atoms with Crippen LogP contribution in [0.15, 0.2) is 217 Å². The molecule has 0 radical (unpaired) electrons. The van der Waals surface area contributed by atoms with Gasteiger partial charge in [-0.25, -0.2) is 0 Å². The van der Waals surface area contributed by atoms with Crippen LogP contribution in [0.4, 0.5) is 17.1 Å². The normalized spacial score (nSPS) is 13.1. The molecule has 2 aliphatic carbocycles. The van der Waals surface area contributed by atoms with Crippen molar-refractivity contribution in [3.8, 4) is 44.5 Å². The van der Waals surface area contributed by atoms with Crippen LogP contribution < -0.4 is 4.90 Å². The van der Waals surface area contributed by atoms with Crippen molar-refractivity contribution in [3.05, 3.63) is 235 Å². The molecule has 2 heteroatoms. The third kappa shape index (κ3) is 4.59. The highest BCUT2D eigenvalue weighted by Crippen LogP contribution is 2.62. The van der Waals surface area contributed by atoms with Crippen molar-refractivity contribution in [3.63, 3.8) is 0 Å². The summed E-state index contributed by atoms with van der Waals surface area (Å²) in [6.45, 7) is 0. The first-order valence-corrected chi connectivity index (χ1v) is 19.7. The highest BCUT2D eigenvalue weighted by atomic mass is 16.3. The fourth-order valence-corrected chi connectivity index (χ4v) is 9.91. The quantitative estimate of drug-likeness (QED) is 0.180. The molecule has 0 atom stereocenters. The van der Waals surface area contributed by atoms with Crippen molar-refractivity contribution < 1.29 is 4.42 Å². The lowest BCUT2D eigenvalue weighted by Gasteiger charge is -2.35. The summed E-state index contributed by atoms with van der Waals surface area (Å²) in [5, 5.41) is 2.22. The first-order chi connectivity index (χ1) is 28.3. The molecule has 9 aromatic carbocycles. The van der Waals surface area contributed by atoms with Gasteiger partial charge in [-0.1, -0.05) is 164 Å². The lowest BCUT2D eigenvalue weighted by molar-refractivity contribution is 0.669. The summed E-state index contributed by atoms with van der Waals surface area (Å²) in [7, 11) is 0. The van der Waals surface area contributed by atoms with Crippen molar-refractivity contribution in [1.29, 1.82) is 0 Å². The number of nitrogens with zero attached hydrogens (tertiary/aromatic N) is 1. The van der Waals surface area contributed by atoms with Gasteiger partial charge in [0.05, 0.1) is 5.41 Å². The number of furan rings is 1. The molecule has 12 rings (SSSR count). The molecule has 57 heavy (non-hydrogen) atoms. The average Bonchev–Trinajstić information content (AvgIpc) is 3.77. The van der Waals surface area contributed by atoms with Gasteiger partial charge in [0.1, 0.15) is 11.2 Å². The SMILES string of the molecule is c1ccc(-c2ccc(N(c3ccc4c(c3)-c3ccccc3C43c4ccccc4-c4ccccc4-c4ccccc43)c3ccc4oc5ccccc5c4c3)cc2)cc1. The Labute approximate surface area is 331 Å². The summed E-state index contributed by atoms with van der Waals surface area (Å²) in [5.41, 5.74) is 19.8. The van der Waals surface area contributed by atoms with E-state index in [0.29, 0.717) is 0 Å². The van der Waals surface area contributed by atoms with E-state index in [-0.39, 0.29) is 0 Å². The van der Waals surface area contributed by atoms with Crippen LogP contribution >= 0.6 is 0 Å². The van der Waals surface area contributed by atoms with Gasteiger partial charge in [0, 0.05) is 27.8 Å². The van der Waals surface area contributed by atoms with Crippen molar-refractivity contribution in [2.24, 2.45) is 0 Å². The van der Waals surface area contributed by atoms with Gasteiger partial charge in [0.2, 0.25) is 0 Å². The van der Waals surface area contributed by atoms with Crippen LogP contribution in [0, 0.1) is 0 Å². The lowest BCUT2D eigenvalue weighted by atomic mass is 9.66. The molecule has 2 aliphatic rings. The Morgan fingerprint density at radius 2 is 0.754 bits per heavy atom. The highest BCUT2D eigenvalue weighted by molar-refractivity contribution is 6.07. The molecule has 0 saturated heterocycles. The van der Waals surface area contributed by atoms with Crippen LogP contribution in [0.5, 0.6) is 0 Å². The third-order valence-corrected chi connectivity index (χ3v) is 12.3. The van der Waals surface area contributed by atoms with Crippen molar-refractivity contribution in [2.45, 2.75) is 5.41 Å². The second-order valence-corrected chi connectivity index (χ2v) is 15.2. The second kappa shape index (κ2) is 12.3. The van der Waals surface area contributed by atoms with Crippen LogP contribution in [0.3, 0.4) is 0 Å². The molecule has 10 aromatic rings. The topological polar surface area (TPSA) is 16.4 Å². The maximum Gasteiger partial charge on any atom is 0.135 e. The van der Waals surface area contributed by atoms with E-state index < -0.39 is 5.41 Å². The van der Waals surface area contributed by atoms with Gasteiger partial charge < -0.3 is 9.32 Å². The van der Waals surface area contributed by atoms with Crippen molar-refractivity contribution in [2.75, 3.05) is 4.90 Å². The minimum Gasteiger partial charge on any atom is -0.456 e. The van der Waals surface area contributed by atoms with Gasteiger partial charge in [0.15, 0.2) is 0 Å². The number of benzene rings is 9. The minimum atomic E-state index is -0.520. The van der Waals surface area contributed by atoms with E-state index in [2.05, 4.69) is 205 Å². The summed E-state index contributed by atoms with van der Waals surface area (Å²) in [6, 6.07) is 77.8. The van der Waals surface area contributed by atoms with E-state index in [1.807, 2.05) is 12.1 Å². The molecule has 0 saturated carbocycles. The predicted octanol–water partition coefficient (Wildman–Crippen LogP) is 14.7. The van der Waals surface area contributed by atoms with Gasteiger partial charge in [-0.3, -0.25) is 0 Å². The van der Waals surface area contributed by atoms with E-state index in [9.17, 15) is 0 Å². The van der Waals surface area contributed by atoms with Gasteiger partial charge in [-0.2, -0.15) is 0 Å². The Hall–Kier alpha value is -7.42. The standard InChI is InChI=1S/C55H35NO/c1-2-14-36(15-3-1)37-26-28-38(29-27-37)56(40-31-33-54-48(35-40)46-21-9-13-25-53(46)57-54)39-30-32-52-47(34-39)45-20-8-12-24-51(45)55(52)49-22-10-6-18-43(49)41-16-4-5-17-42(41)44-19-7-11-23-50(44)55/h1-35H. The zero-order valence-corrected chi connectivity index (χ0v) is 31.1. The molecule has 0 aliphatic heterocycles. The second-order valence-electron chi connectivity index (χ2n) is 15.2. The minimum absolute atomic E-state index is 0.520. The molecule has 0 bridgehead atoms. The van der Waals surface area contributed by atoms with Gasteiger partial charge >= 0.3 is 0 Å². The molecule has 266 valence electrons. The molecule has 0 unspecified atom stereocenters. The van der Waals surface area contributed by atoms with Crippen LogP contribution in [0.1, 0.15) is 22.3 Å². The number of hydrogen-bond acceptors (Lipinski definition) is 2. The molecule has 1 aromatic heterocycles. The fraction of sp³-hybridized carbons (Fsp3) is 0.0182. The summed E-state index contributed by atoms with van der Waals surface area (Å²) >= 11 is 0. The number of rotatable bonds is 4. The summed E-state index contributed by atoms with van der Waals surface area (Å²) in [6.07, 6.45) is 0. The first kappa shape index (κ1) is 31.9. The molecule has 2 nitrogen and oxygen atoms in total. The summed E-state index contributed by atoms with van der Waals surface area (Å²) in [4.78, 5) is 2.40. The van der Waals surface area contributed by atoms with E-state index in [4.69, 9.17) is 4.42 Å². The lowest BCUT2D eigenvalue weighted by Crippen LogP contribution is -2.29. The van der Waals surface area contributed by atoms with E-state index in [0.717, 1.165) is 39.0 Å². The Bertz CT molecular complexity index is 3120. The Kier molecular flexibility index (Phi) is 6.88. The van der Waals surface area contributed by atoms with Crippen LogP contribution in [-0.2, 0) is 5.41 Å². The molecule has 0 amide bonds. The highest BCUT2D eigenvalue weighted by Gasteiger charge is 2.49. The Morgan fingerprint density at radius 3 is 1.42 bits per heavy atom.